The van der Waals surface area contributed by atoms with Crippen LogP contribution in [0.2, 0.25) is 5.02 Å². The smallest absolute Gasteiger partial charge is 0.263 e. The zero-order valence-corrected chi connectivity index (χ0v) is 28.1. The van der Waals surface area contributed by atoms with Gasteiger partial charge in [0.15, 0.2) is 0 Å². The summed E-state index contributed by atoms with van der Waals surface area (Å²) >= 11 is 6.42. The first kappa shape index (κ1) is 32.6. The minimum absolute atomic E-state index is 0.0610. The number of nitrogens with one attached hydrogen (secondary N) is 1. The van der Waals surface area contributed by atoms with Gasteiger partial charge in [-0.15, -0.1) is 0 Å². The van der Waals surface area contributed by atoms with Crippen LogP contribution in [0.4, 0.5) is 5.69 Å². The lowest BCUT2D eigenvalue weighted by molar-refractivity contribution is -0.135. The molecule has 9 heteroatoms. The first-order chi connectivity index (χ1) is 21.1. The number of fused-ring (bicyclic) bond motifs is 2. The van der Waals surface area contributed by atoms with Gasteiger partial charge in [-0.05, 0) is 91.8 Å². The number of halogens is 1. The first-order valence-electron chi connectivity index (χ1n) is 16.0. The Labute approximate surface area is 269 Å². The summed E-state index contributed by atoms with van der Waals surface area (Å²) in [4.78, 5) is 30.9. The van der Waals surface area contributed by atoms with E-state index in [0.29, 0.717) is 31.1 Å². The summed E-state index contributed by atoms with van der Waals surface area (Å²) in [6, 6.07) is 11.7. The molecule has 7 nitrogen and oxygen atoms in total. The number of carbonyl (C=O) groups excluding carboxylic acids is 2. The van der Waals surface area contributed by atoms with E-state index < -0.39 is 11.0 Å². The van der Waals surface area contributed by atoms with E-state index in [2.05, 4.69) is 40.8 Å². The predicted molar refractivity (Wildman–Crippen MR) is 179 cm³/mol. The maximum atomic E-state index is 13.5. The third kappa shape index (κ3) is 7.02. The van der Waals surface area contributed by atoms with Gasteiger partial charge in [0.05, 0.1) is 23.5 Å². The Morgan fingerprint density at radius 2 is 1.93 bits per heavy atom. The van der Waals surface area contributed by atoms with Gasteiger partial charge in [0.25, 0.3) is 5.91 Å². The average Bonchev–Trinajstić information content (AvgIpc) is 3.16. The van der Waals surface area contributed by atoms with E-state index in [0.717, 1.165) is 48.7 Å². The number of allylic oxidation sites excluding steroid dienone is 1. The van der Waals surface area contributed by atoms with Crippen molar-refractivity contribution in [1.29, 1.82) is 0 Å². The average molecular weight is 640 g/mol. The maximum Gasteiger partial charge on any atom is 0.263 e. The van der Waals surface area contributed by atoms with E-state index in [-0.39, 0.29) is 40.7 Å². The van der Waals surface area contributed by atoms with Crippen molar-refractivity contribution >= 4 is 40.1 Å². The number of hydrogen-bond acceptors (Lipinski definition) is 5. The summed E-state index contributed by atoms with van der Waals surface area (Å²) in [7, 11) is 2.09. The van der Waals surface area contributed by atoms with E-state index in [4.69, 9.17) is 16.3 Å². The highest BCUT2D eigenvalue weighted by atomic mass is 35.5. The number of hydrogen-bond donors (Lipinski definition) is 1. The summed E-state index contributed by atoms with van der Waals surface area (Å²) in [5.74, 6) is 0.989. The van der Waals surface area contributed by atoms with E-state index in [1.54, 1.807) is 11.0 Å². The van der Waals surface area contributed by atoms with Gasteiger partial charge in [-0.2, -0.15) is 0 Å². The Balaban J connectivity index is 1.56. The minimum atomic E-state index is -1.56. The monoisotopic (exact) mass is 639 g/mol. The number of carbonyl (C=O) groups is 2. The molecule has 2 heterocycles. The molecule has 2 amide bonds. The zero-order chi connectivity index (χ0) is 31.5. The SMILES string of the molecule is CCCc1cc(Cl)ccc1C1COc2ccc3cc2N(C1)CC1CCC1C(C(=O)N(C)C)/C=C/CC(C)C(C)S(=O)NC3=O. The molecule has 0 spiro atoms. The fourth-order valence-electron chi connectivity index (χ4n) is 6.82. The predicted octanol–water partition coefficient (Wildman–Crippen LogP) is 6.38. The van der Waals surface area contributed by atoms with Gasteiger partial charge < -0.3 is 14.5 Å². The van der Waals surface area contributed by atoms with Crippen molar-refractivity contribution in [3.63, 3.8) is 0 Å². The normalized spacial score (nSPS) is 29.7. The second kappa shape index (κ2) is 14.1. The van der Waals surface area contributed by atoms with E-state index in [9.17, 15) is 13.8 Å². The molecule has 2 aliphatic heterocycles. The summed E-state index contributed by atoms with van der Waals surface area (Å²) < 4.78 is 22.4. The molecular weight excluding hydrogens is 594 g/mol. The molecule has 3 aliphatic rings. The van der Waals surface area contributed by atoms with Crippen molar-refractivity contribution in [3.05, 3.63) is 70.3 Å². The van der Waals surface area contributed by atoms with Gasteiger partial charge in [0.2, 0.25) is 5.91 Å². The maximum absolute atomic E-state index is 13.5. The molecule has 0 aromatic heterocycles. The van der Waals surface area contributed by atoms with Crippen LogP contribution in [0.1, 0.15) is 73.9 Å². The van der Waals surface area contributed by atoms with E-state index >= 15 is 0 Å². The number of ether oxygens (including phenoxy) is 1. The Morgan fingerprint density at radius 3 is 2.64 bits per heavy atom. The molecular formula is C35H46ClN3O4S. The molecule has 1 aliphatic carbocycles. The highest BCUT2D eigenvalue weighted by molar-refractivity contribution is 7.84. The molecule has 2 aromatic carbocycles. The molecule has 1 fully saturated rings. The molecule has 0 saturated heterocycles. The van der Waals surface area contributed by atoms with Crippen LogP contribution in [-0.4, -0.2) is 60.0 Å². The summed E-state index contributed by atoms with van der Waals surface area (Å²) in [5.41, 5.74) is 3.80. The minimum Gasteiger partial charge on any atom is -0.491 e. The fraction of sp³-hybridized carbons (Fsp3) is 0.543. The lowest BCUT2D eigenvalue weighted by Crippen LogP contribution is -2.46. The highest BCUT2D eigenvalue weighted by Gasteiger charge is 2.41. The van der Waals surface area contributed by atoms with Crippen molar-refractivity contribution in [2.45, 2.75) is 64.0 Å². The number of rotatable bonds is 4. The Kier molecular flexibility index (Phi) is 10.4. The molecule has 7 atom stereocenters. The second-order valence-electron chi connectivity index (χ2n) is 13.0. The lowest BCUT2D eigenvalue weighted by Gasteiger charge is -2.44. The fourth-order valence-corrected chi connectivity index (χ4v) is 8.04. The third-order valence-electron chi connectivity index (χ3n) is 9.81. The van der Waals surface area contributed by atoms with Crippen LogP contribution in [0.25, 0.3) is 0 Å². The van der Waals surface area contributed by atoms with Gasteiger partial charge in [-0.1, -0.05) is 50.1 Å². The van der Waals surface area contributed by atoms with Crippen LogP contribution in [-0.2, 0) is 22.2 Å². The van der Waals surface area contributed by atoms with Crippen molar-refractivity contribution in [2.75, 3.05) is 38.7 Å². The molecule has 7 unspecified atom stereocenters. The molecule has 2 bridgehead atoms. The lowest BCUT2D eigenvalue weighted by atomic mass is 9.66. The number of anilines is 1. The second-order valence-corrected chi connectivity index (χ2v) is 15.0. The van der Waals surface area contributed by atoms with E-state index in [1.165, 1.54) is 11.1 Å². The molecule has 2 aromatic rings. The Bertz CT molecular complexity index is 1430. The van der Waals surface area contributed by atoms with Crippen molar-refractivity contribution in [1.82, 2.24) is 9.62 Å². The van der Waals surface area contributed by atoms with Crippen LogP contribution in [0, 0.1) is 23.7 Å². The van der Waals surface area contributed by atoms with Gasteiger partial charge in [0.1, 0.15) is 16.7 Å². The standard InChI is InChI=1S/C35H46ClN3O4S/c1-6-8-24-17-28(36)13-15-29(24)27-20-39-19-26-11-14-30(26)31(35(41)38(4)5)10-7-9-22(2)23(3)44(42)37-34(40)25-12-16-33(43-21-27)32(39)18-25/h7,10,12-13,15-18,22-23,26-27,30-31H,6,8-9,11,14,19-21H2,1-5H3,(H,37,40)/b10-7+. The summed E-state index contributed by atoms with van der Waals surface area (Å²) in [6.07, 6.45) is 8.84. The molecule has 0 radical (unpaired) electrons. The highest BCUT2D eigenvalue weighted by Crippen LogP contribution is 2.44. The van der Waals surface area contributed by atoms with Crippen molar-refractivity contribution in [2.24, 2.45) is 23.7 Å². The molecule has 1 N–H and O–H groups in total. The Hall–Kier alpha value is -2.84. The van der Waals surface area contributed by atoms with Crippen LogP contribution >= 0.6 is 11.6 Å². The number of benzene rings is 2. The molecule has 44 heavy (non-hydrogen) atoms. The van der Waals surface area contributed by atoms with Crippen molar-refractivity contribution in [3.8, 4) is 5.75 Å². The molecule has 1 saturated carbocycles. The Morgan fingerprint density at radius 1 is 1.14 bits per heavy atom. The molecule has 5 rings (SSSR count). The summed E-state index contributed by atoms with van der Waals surface area (Å²) in [5, 5.41) is 0.479. The number of amides is 2. The van der Waals surface area contributed by atoms with Crippen LogP contribution in [0.15, 0.2) is 48.6 Å². The summed E-state index contributed by atoms with van der Waals surface area (Å²) in [6.45, 7) is 8.08. The third-order valence-corrected chi connectivity index (χ3v) is 11.6. The van der Waals surface area contributed by atoms with Gasteiger partial charge in [-0.3, -0.25) is 14.3 Å². The van der Waals surface area contributed by atoms with Crippen LogP contribution in [0.5, 0.6) is 5.75 Å². The van der Waals surface area contributed by atoms with Gasteiger partial charge in [-0.25, -0.2) is 4.21 Å². The first-order valence-corrected chi connectivity index (χ1v) is 17.6. The van der Waals surface area contributed by atoms with Crippen LogP contribution < -0.4 is 14.4 Å². The number of aryl methyl sites for hydroxylation is 1. The van der Waals surface area contributed by atoms with Gasteiger partial charge >= 0.3 is 0 Å². The zero-order valence-electron chi connectivity index (χ0n) is 26.6. The quantitative estimate of drug-likeness (QED) is 0.393. The van der Waals surface area contributed by atoms with E-state index in [1.807, 2.05) is 46.1 Å². The van der Waals surface area contributed by atoms with Gasteiger partial charge in [0, 0.05) is 43.7 Å². The van der Waals surface area contributed by atoms with Crippen molar-refractivity contribution < 1.29 is 18.5 Å². The van der Waals surface area contributed by atoms with Crippen LogP contribution in [0.3, 0.4) is 0 Å². The molecule has 238 valence electrons. The topological polar surface area (TPSA) is 79.0 Å². The largest absolute Gasteiger partial charge is 0.491 e. The number of nitrogens with zero attached hydrogens (tertiary/aromatic N) is 2.